The lowest BCUT2D eigenvalue weighted by Gasteiger charge is -2.14. The molecule has 0 radical (unpaired) electrons. The van der Waals surface area contributed by atoms with E-state index in [9.17, 15) is 14.0 Å². The van der Waals surface area contributed by atoms with Crippen molar-refractivity contribution in [3.63, 3.8) is 0 Å². The lowest BCUT2D eigenvalue weighted by molar-refractivity contribution is -0.141. The standard InChI is InChI=1S/C14H18BrFN2O3/c1-3-4-9(13(19)20)7-17-14(21)18-12-6-11(16)10(15)5-8(12)2/h5-6,9H,3-4,7H2,1-2H3,(H,19,20)(H2,17,18,21). The van der Waals surface area contributed by atoms with Crippen molar-refractivity contribution in [1.29, 1.82) is 0 Å². The normalized spacial score (nSPS) is 11.8. The summed E-state index contributed by atoms with van der Waals surface area (Å²) < 4.78 is 13.8. The maximum Gasteiger partial charge on any atom is 0.319 e. The van der Waals surface area contributed by atoms with Crippen LogP contribution in [-0.4, -0.2) is 23.7 Å². The summed E-state index contributed by atoms with van der Waals surface area (Å²) in [7, 11) is 0. The Balaban J connectivity index is 2.62. The third-order valence-corrected chi connectivity index (χ3v) is 3.62. The van der Waals surface area contributed by atoms with E-state index in [4.69, 9.17) is 5.11 Å². The molecule has 21 heavy (non-hydrogen) atoms. The Morgan fingerprint density at radius 3 is 2.67 bits per heavy atom. The van der Waals surface area contributed by atoms with Gasteiger partial charge in [-0.15, -0.1) is 0 Å². The van der Waals surface area contributed by atoms with Crippen molar-refractivity contribution in [3.05, 3.63) is 28.0 Å². The highest BCUT2D eigenvalue weighted by Crippen LogP contribution is 2.23. The van der Waals surface area contributed by atoms with Crippen LogP contribution in [0, 0.1) is 18.7 Å². The van der Waals surface area contributed by atoms with Crippen LogP contribution in [0.5, 0.6) is 0 Å². The largest absolute Gasteiger partial charge is 0.481 e. The van der Waals surface area contributed by atoms with Gasteiger partial charge in [-0.25, -0.2) is 9.18 Å². The van der Waals surface area contributed by atoms with E-state index in [1.54, 1.807) is 13.0 Å². The van der Waals surface area contributed by atoms with Crippen LogP contribution in [0.25, 0.3) is 0 Å². The van der Waals surface area contributed by atoms with Crippen molar-refractivity contribution < 1.29 is 19.1 Å². The Labute approximate surface area is 131 Å². The van der Waals surface area contributed by atoms with Crippen molar-refractivity contribution >= 4 is 33.6 Å². The summed E-state index contributed by atoms with van der Waals surface area (Å²) in [4.78, 5) is 22.7. The molecule has 1 unspecified atom stereocenters. The summed E-state index contributed by atoms with van der Waals surface area (Å²) in [5, 5.41) is 14.0. The molecule has 1 aromatic carbocycles. The van der Waals surface area contributed by atoms with E-state index in [2.05, 4.69) is 26.6 Å². The van der Waals surface area contributed by atoms with Gasteiger partial charge in [0.15, 0.2) is 0 Å². The monoisotopic (exact) mass is 360 g/mol. The Hall–Kier alpha value is -1.63. The van der Waals surface area contributed by atoms with Gasteiger partial charge in [0.2, 0.25) is 0 Å². The van der Waals surface area contributed by atoms with Gasteiger partial charge in [0.25, 0.3) is 0 Å². The van der Waals surface area contributed by atoms with Gasteiger partial charge in [-0.1, -0.05) is 13.3 Å². The van der Waals surface area contributed by atoms with E-state index in [-0.39, 0.29) is 6.54 Å². The summed E-state index contributed by atoms with van der Waals surface area (Å²) in [6.07, 6.45) is 1.21. The first-order chi connectivity index (χ1) is 9.85. The summed E-state index contributed by atoms with van der Waals surface area (Å²) >= 11 is 3.06. The highest BCUT2D eigenvalue weighted by Gasteiger charge is 2.17. The minimum atomic E-state index is -0.942. The molecule has 0 heterocycles. The number of halogens is 2. The summed E-state index contributed by atoms with van der Waals surface area (Å²) in [5.74, 6) is -2.04. The van der Waals surface area contributed by atoms with Crippen molar-refractivity contribution in [1.82, 2.24) is 5.32 Å². The lowest BCUT2D eigenvalue weighted by Crippen LogP contribution is -2.35. The minimum absolute atomic E-state index is 0.0348. The average molecular weight is 361 g/mol. The van der Waals surface area contributed by atoms with Gasteiger partial charge < -0.3 is 15.7 Å². The second-order valence-electron chi connectivity index (χ2n) is 4.74. The van der Waals surface area contributed by atoms with Crippen LogP contribution in [0.1, 0.15) is 25.3 Å². The van der Waals surface area contributed by atoms with Gasteiger partial charge in [-0.05, 0) is 47.0 Å². The molecule has 0 bridgehead atoms. The van der Waals surface area contributed by atoms with Crippen LogP contribution in [0.3, 0.4) is 0 Å². The van der Waals surface area contributed by atoms with Gasteiger partial charge >= 0.3 is 12.0 Å². The molecule has 0 spiro atoms. The molecule has 1 atom stereocenters. The Morgan fingerprint density at radius 2 is 2.10 bits per heavy atom. The number of urea groups is 1. The van der Waals surface area contributed by atoms with E-state index < -0.39 is 23.7 Å². The summed E-state index contributed by atoms with van der Waals surface area (Å²) in [6, 6.07) is 2.21. The number of carbonyl (C=O) groups excluding carboxylic acids is 1. The Bertz CT molecular complexity index is 537. The summed E-state index contributed by atoms with van der Waals surface area (Å²) in [6.45, 7) is 3.65. The SMILES string of the molecule is CCCC(CNC(=O)Nc1cc(F)c(Br)cc1C)C(=O)O. The highest BCUT2D eigenvalue weighted by molar-refractivity contribution is 9.10. The zero-order chi connectivity index (χ0) is 16.0. The molecule has 0 aromatic heterocycles. The number of anilines is 1. The smallest absolute Gasteiger partial charge is 0.319 e. The predicted molar refractivity (Wildman–Crippen MR) is 81.9 cm³/mol. The number of carboxylic acid groups (broad SMARTS) is 1. The topological polar surface area (TPSA) is 78.4 Å². The van der Waals surface area contributed by atoms with Gasteiger partial charge in [0.1, 0.15) is 5.82 Å². The molecule has 0 aliphatic heterocycles. The average Bonchev–Trinajstić information content (AvgIpc) is 2.40. The fraction of sp³-hybridized carbons (Fsp3) is 0.429. The third kappa shape index (κ3) is 5.34. The van der Waals surface area contributed by atoms with Crippen LogP contribution >= 0.6 is 15.9 Å². The molecular formula is C14H18BrFN2O3. The third-order valence-electron chi connectivity index (χ3n) is 3.01. The Kier molecular flexibility index (Phi) is 6.61. The van der Waals surface area contributed by atoms with Crippen LogP contribution in [-0.2, 0) is 4.79 Å². The number of aryl methyl sites for hydroxylation is 1. The lowest BCUT2D eigenvalue weighted by atomic mass is 10.0. The molecule has 116 valence electrons. The molecule has 0 aliphatic carbocycles. The number of rotatable bonds is 6. The van der Waals surface area contributed by atoms with Crippen molar-refractivity contribution in [2.24, 2.45) is 5.92 Å². The van der Waals surface area contributed by atoms with Gasteiger partial charge in [0, 0.05) is 12.2 Å². The highest BCUT2D eigenvalue weighted by atomic mass is 79.9. The molecule has 5 nitrogen and oxygen atoms in total. The molecule has 0 saturated heterocycles. The number of carbonyl (C=O) groups is 2. The predicted octanol–water partition coefficient (Wildman–Crippen LogP) is 3.52. The number of hydrogen-bond donors (Lipinski definition) is 3. The fourth-order valence-electron chi connectivity index (χ4n) is 1.82. The molecular weight excluding hydrogens is 343 g/mol. The number of benzene rings is 1. The van der Waals surface area contributed by atoms with Crippen LogP contribution in [0.15, 0.2) is 16.6 Å². The molecule has 0 aliphatic rings. The number of aliphatic carboxylic acids is 1. The number of amides is 2. The molecule has 7 heteroatoms. The van der Waals surface area contributed by atoms with Gasteiger partial charge in [-0.3, -0.25) is 4.79 Å². The van der Waals surface area contributed by atoms with Gasteiger partial charge in [-0.2, -0.15) is 0 Å². The molecule has 1 aromatic rings. The molecule has 2 amide bonds. The second-order valence-corrected chi connectivity index (χ2v) is 5.59. The van der Waals surface area contributed by atoms with E-state index in [1.165, 1.54) is 6.07 Å². The van der Waals surface area contributed by atoms with E-state index in [0.717, 1.165) is 6.42 Å². The van der Waals surface area contributed by atoms with Crippen molar-refractivity contribution in [2.45, 2.75) is 26.7 Å². The van der Waals surface area contributed by atoms with Crippen LogP contribution in [0.4, 0.5) is 14.9 Å². The Morgan fingerprint density at radius 1 is 1.43 bits per heavy atom. The zero-order valence-electron chi connectivity index (χ0n) is 11.9. The number of carboxylic acids is 1. The molecule has 0 saturated carbocycles. The molecule has 1 rings (SSSR count). The number of hydrogen-bond acceptors (Lipinski definition) is 2. The first kappa shape index (κ1) is 17.4. The fourth-order valence-corrected chi connectivity index (χ4v) is 2.28. The first-order valence-electron chi connectivity index (χ1n) is 6.58. The number of nitrogens with one attached hydrogen (secondary N) is 2. The van der Waals surface area contributed by atoms with Crippen LogP contribution in [0.2, 0.25) is 0 Å². The second kappa shape index (κ2) is 7.97. The molecule has 3 N–H and O–H groups in total. The zero-order valence-corrected chi connectivity index (χ0v) is 13.5. The maximum absolute atomic E-state index is 13.4. The van der Waals surface area contributed by atoms with Crippen LogP contribution < -0.4 is 10.6 Å². The first-order valence-corrected chi connectivity index (χ1v) is 7.37. The van der Waals surface area contributed by atoms with E-state index in [0.29, 0.717) is 22.1 Å². The minimum Gasteiger partial charge on any atom is -0.481 e. The quantitative estimate of drug-likeness (QED) is 0.726. The van der Waals surface area contributed by atoms with E-state index in [1.807, 2.05) is 6.92 Å². The van der Waals surface area contributed by atoms with Crippen molar-refractivity contribution in [3.8, 4) is 0 Å². The van der Waals surface area contributed by atoms with Gasteiger partial charge in [0.05, 0.1) is 10.4 Å². The van der Waals surface area contributed by atoms with E-state index >= 15 is 0 Å². The molecule has 0 fully saturated rings. The summed E-state index contributed by atoms with van der Waals surface area (Å²) in [5.41, 5.74) is 1.04. The van der Waals surface area contributed by atoms with Crippen molar-refractivity contribution in [2.75, 3.05) is 11.9 Å². The maximum atomic E-state index is 13.4.